The summed E-state index contributed by atoms with van der Waals surface area (Å²) in [5.41, 5.74) is 5.45. The number of ether oxygens (including phenoxy) is 1. The predicted molar refractivity (Wildman–Crippen MR) is 60.0 cm³/mol. The minimum absolute atomic E-state index is 0.131. The highest BCUT2D eigenvalue weighted by Gasteiger charge is 2.21. The molecule has 0 unspecified atom stereocenters. The first kappa shape index (κ1) is 10.9. The smallest absolute Gasteiger partial charge is 0.293 e. The lowest BCUT2D eigenvalue weighted by Crippen LogP contribution is -2.10. The summed E-state index contributed by atoms with van der Waals surface area (Å²) < 4.78 is 5.06. The summed E-state index contributed by atoms with van der Waals surface area (Å²) in [6.07, 6.45) is 1.34. The number of H-pyrrole nitrogens is 1. The second kappa shape index (κ2) is 3.78. The quantitative estimate of drug-likeness (QED) is 0.614. The van der Waals surface area contributed by atoms with Crippen LogP contribution in [0.3, 0.4) is 0 Å². The Kier molecular flexibility index (Phi) is 2.43. The lowest BCUT2D eigenvalue weighted by molar-refractivity contribution is -0.383. The summed E-state index contributed by atoms with van der Waals surface area (Å²) in [7, 11) is 1.42. The number of amides is 1. The number of carbonyl (C=O) groups excluding carboxylic acids is 1. The molecular weight excluding hydrogens is 226 g/mol. The molecule has 0 atom stereocenters. The first-order valence-electron chi connectivity index (χ1n) is 4.68. The van der Waals surface area contributed by atoms with E-state index in [0.29, 0.717) is 11.1 Å². The molecule has 1 amide bonds. The molecule has 7 nitrogen and oxygen atoms in total. The lowest BCUT2D eigenvalue weighted by Gasteiger charge is -2.03. The normalized spacial score (nSPS) is 10.4. The van der Waals surface area contributed by atoms with Gasteiger partial charge < -0.3 is 15.5 Å². The summed E-state index contributed by atoms with van der Waals surface area (Å²) in [5, 5.41) is 11.2. The Morgan fingerprint density at radius 2 is 2.24 bits per heavy atom. The van der Waals surface area contributed by atoms with E-state index in [1.807, 2.05) is 0 Å². The van der Waals surface area contributed by atoms with Gasteiger partial charge in [-0.1, -0.05) is 0 Å². The highest BCUT2D eigenvalue weighted by atomic mass is 16.6. The second-order valence-electron chi connectivity index (χ2n) is 3.36. The zero-order valence-electron chi connectivity index (χ0n) is 8.89. The third-order valence-electron chi connectivity index (χ3n) is 2.46. The van der Waals surface area contributed by atoms with Crippen molar-refractivity contribution in [1.82, 2.24) is 4.98 Å². The molecule has 0 spiro atoms. The molecule has 0 fully saturated rings. The molecular formula is C10H9N3O4. The van der Waals surface area contributed by atoms with Crippen molar-refractivity contribution in [2.75, 3.05) is 7.11 Å². The fourth-order valence-corrected chi connectivity index (χ4v) is 1.72. The molecule has 17 heavy (non-hydrogen) atoms. The van der Waals surface area contributed by atoms with Crippen LogP contribution in [0.4, 0.5) is 5.69 Å². The molecule has 0 bridgehead atoms. The van der Waals surface area contributed by atoms with Crippen LogP contribution in [-0.2, 0) is 0 Å². The molecule has 2 aromatic rings. The van der Waals surface area contributed by atoms with E-state index in [1.165, 1.54) is 25.4 Å². The van der Waals surface area contributed by atoms with Crippen LogP contribution < -0.4 is 10.5 Å². The number of aromatic nitrogens is 1. The number of nitro benzene ring substituents is 1. The fraction of sp³-hybridized carbons (Fsp3) is 0.100. The molecule has 2 rings (SSSR count). The fourth-order valence-electron chi connectivity index (χ4n) is 1.72. The molecule has 0 saturated heterocycles. The number of hydrogen-bond acceptors (Lipinski definition) is 4. The first-order chi connectivity index (χ1) is 8.06. The Hall–Kier alpha value is -2.57. The van der Waals surface area contributed by atoms with Crippen LogP contribution in [0.15, 0.2) is 18.3 Å². The second-order valence-corrected chi connectivity index (χ2v) is 3.36. The van der Waals surface area contributed by atoms with Gasteiger partial charge in [0.15, 0.2) is 0 Å². The van der Waals surface area contributed by atoms with Crippen LogP contribution in [0.25, 0.3) is 10.9 Å². The van der Waals surface area contributed by atoms with Gasteiger partial charge in [-0.05, 0) is 6.07 Å². The van der Waals surface area contributed by atoms with E-state index in [0.717, 1.165) is 0 Å². The van der Waals surface area contributed by atoms with E-state index >= 15 is 0 Å². The minimum atomic E-state index is -0.671. The van der Waals surface area contributed by atoms with Crippen molar-refractivity contribution < 1.29 is 14.5 Å². The summed E-state index contributed by atoms with van der Waals surface area (Å²) in [5.74, 6) is -0.310. The molecule has 0 saturated carbocycles. The average molecular weight is 235 g/mol. The molecule has 3 N–H and O–H groups in total. The number of hydrogen-bond donors (Lipinski definition) is 2. The van der Waals surface area contributed by atoms with E-state index in [-0.39, 0.29) is 16.8 Å². The molecule has 0 aliphatic carbocycles. The summed E-state index contributed by atoms with van der Waals surface area (Å²) in [6.45, 7) is 0. The first-order valence-corrected chi connectivity index (χ1v) is 4.68. The van der Waals surface area contributed by atoms with Gasteiger partial charge in [0.25, 0.3) is 11.6 Å². The van der Waals surface area contributed by atoms with Gasteiger partial charge in [-0.15, -0.1) is 0 Å². The maximum Gasteiger partial charge on any atom is 0.293 e. The zero-order valence-corrected chi connectivity index (χ0v) is 8.89. The van der Waals surface area contributed by atoms with Crippen LogP contribution in [0.5, 0.6) is 5.75 Å². The molecule has 0 aliphatic heterocycles. The molecule has 0 radical (unpaired) electrons. The summed E-state index contributed by atoms with van der Waals surface area (Å²) in [4.78, 5) is 24.2. The standard InChI is InChI=1S/C10H9N3O4/c1-17-7-3-2-6(13(15)16)9-8(7)5(4-12-9)10(11)14/h2-4,12H,1H3,(H2,11,14). The van der Waals surface area contributed by atoms with Crippen LogP contribution in [-0.4, -0.2) is 22.9 Å². The van der Waals surface area contributed by atoms with E-state index in [4.69, 9.17) is 10.5 Å². The predicted octanol–water partition coefficient (Wildman–Crippen LogP) is 1.18. The Bertz CT molecular complexity index is 617. The highest BCUT2D eigenvalue weighted by Crippen LogP contribution is 2.34. The molecule has 0 aliphatic rings. The Labute approximate surface area is 95.3 Å². The lowest BCUT2D eigenvalue weighted by atomic mass is 10.1. The number of nitro groups is 1. The number of carbonyl (C=O) groups is 1. The van der Waals surface area contributed by atoms with Crippen LogP contribution >= 0.6 is 0 Å². The van der Waals surface area contributed by atoms with Crippen LogP contribution in [0.2, 0.25) is 0 Å². The van der Waals surface area contributed by atoms with Gasteiger partial charge in [0.2, 0.25) is 0 Å². The van der Waals surface area contributed by atoms with Crippen molar-refractivity contribution >= 4 is 22.5 Å². The Balaban J connectivity index is 2.87. The van der Waals surface area contributed by atoms with Gasteiger partial charge >= 0.3 is 0 Å². The zero-order chi connectivity index (χ0) is 12.6. The van der Waals surface area contributed by atoms with Crippen molar-refractivity contribution in [3.8, 4) is 5.75 Å². The molecule has 7 heteroatoms. The third kappa shape index (κ3) is 1.57. The SMILES string of the molecule is COc1ccc([N+](=O)[O-])c2[nH]cc(C(N)=O)c12. The van der Waals surface area contributed by atoms with E-state index < -0.39 is 10.8 Å². The number of benzene rings is 1. The molecule has 1 aromatic heterocycles. The van der Waals surface area contributed by atoms with Gasteiger partial charge in [-0.3, -0.25) is 14.9 Å². The summed E-state index contributed by atoms with van der Waals surface area (Å²) >= 11 is 0. The van der Waals surface area contributed by atoms with E-state index in [9.17, 15) is 14.9 Å². The van der Waals surface area contributed by atoms with Crippen molar-refractivity contribution in [2.45, 2.75) is 0 Å². The van der Waals surface area contributed by atoms with Gasteiger partial charge in [0, 0.05) is 12.3 Å². The largest absolute Gasteiger partial charge is 0.496 e. The van der Waals surface area contributed by atoms with Gasteiger partial charge in [0.1, 0.15) is 11.3 Å². The topological polar surface area (TPSA) is 111 Å². The van der Waals surface area contributed by atoms with Crippen molar-refractivity contribution in [3.63, 3.8) is 0 Å². The average Bonchev–Trinajstić information content (AvgIpc) is 2.71. The summed E-state index contributed by atoms with van der Waals surface area (Å²) in [6, 6.07) is 2.74. The van der Waals surface area contributed by atoms with Crippen molar-refractivity contribution in [1.29, 1.82) is 0 Å². The highest BCUT2D eigenvalue weighted by molar-refractivity contribution is 6.10. The maximum absolute atomic E-state index is 11.2. The van der Waals surface area contributed by atoms with Gasteiger partial charge in [-0.25, -0.2) is 0 Å². The number of rotatable bonds is 3. The number of aromatic amines is 1. The van der Waals surface area contributed by atoms with Gasteiger partial charge in [0.05, 0.1) is 23.0 Å². The number of nitrogens with zero attached hydrogens (tertiary/aromatic N) is 1. The number of methoxy groups -OCH3 is 1. The van der Waals surface area contributed by atoms with E-state index in [1.54, 1.807) is 0 Å². The Morgan fingerprint density at radius 3 is 2.76 bits per heavy atom. The molecule has 1 heterocycles. The van der Waals surface area contributed by atoms with E-state index in [2.05, 4.69) is 4.98 Å². The monoisotopic (exact) mass is 235 g/mol. The van der Waals surface area contributed by atoms with Crippen LogP contribution in [0, 0.1) is 10.1 Å². The van der Waals surface area contributed by atoms with Crippen molar-refractivity contribution in [3.05, 3.63) is 34.0 Å². The number of nitrogens with two attached hydrogens (primary N) is 1. The maximum atomic E-state index is 11.2. The number of fused-ring (bicyclic) bond motifs is 1. The minimum Gasteiger partial charge on any atom is -0.496 e. The Morgan fingerprint density at radius 1 is 1.53 bits per heavy atom. The molecule has 1 aromatic carbocycles. The number of non-ortho nitro benzene ring substituents is 1. The number of nitrogens with one attached hydrogen (secondary N) is 1. The third-order valence-corrected chi connectivity index (χ3v) is 2.46. The van der Waals surface area contributed by atoms with Crippen molar-refractivity contribution in [2.24, 2.45) is 5.73 Å². The number of primary amides is 1. The molecule has 88 valence electrons. The van der Waals surface area contributed by atoms with Crippen LogP contribution in [0.1, 0.15) is 10.4 Å². The van der Waals surface area contributed by atoms with Gasteiger partial charge in [-0.2, -0.15) is 0 Å².